The number of hydrogen-bond donors (Lipinski definition) is 0. The molecular weight excluding hydrogens is 264 g/mol. The molecule has 100 valence electrons. The normalized spacial score (nSPS) is 11.4. The molecule has 0 saturated heterocycles. The van der Waals surface area contributed by atoms with Crippen LogP contribution in [-0.4, -0.2) is 9.76 Å². The molecular formula is C17H16O2Si. The Bertz CT molecular complexity index is 581. The van der Waals surface area contributed by atoms with Gasteiger partial charge in [0.2, 0.25) is 9.76 Å². The van der Waals surface area contributed by atoms with E-state index in [4.69, 9.17) is 8.84 Å². The second-order valence-corrected chi connectivity index (χ2v) is 5.91. The zero-order valence-corrected chi connectivity index (χ0v) is 12.5. The third kappa shape index (κ3) is 3.07. The smallest absolute Gasteiger partial charge is 0.235 e. The first-order chi connectivity index (χ1) is 9.93. The van der Waals surface area contributed by atoms with Crippen LogP contribution in [0.4, 0.5) is 0 Å². The van der Waals surface area contributed by atoms with E-state index in [0.29, 0.717) is 0 Å². The van der Waals surface area contributed by atoms with Crippen molar-refractivity contribution in [2.75, 3.05) is 0 Å². The van der Waals surface area contributed by atoms with Crippen LogP contribution in [0.5, 0.6) is 0 Å². The van der Waals surface area contributed by atoms with Gasteiger partial charge in [-0.2, -0.15) is 0 Å². The summed E-state index contributed by atoms with van der Waals surface area (Å²) in [7, 11) is -0.871. The molecule has 2 nitrogen and oxygen atoms in total. The van der Waals surface area contributed by atoms with Gasteiger partial charge >= 0.3 is 0 Å². The van der Waals surface area contributed by atoms with E-state index >= 15 is 0 Å². The van der Waals surface area contributed by atoms with E-state index in [1.165, 1.54) is 11.1 Å². The molecule has 20 heavy (non-hydrogen) atoms. The molecule has 0 spiro atoms. The van der Waals surface area contributed by atoms with Crippen molar-refractivity contribution in [3.8, 4) is 0 Å². The molecule has 0 N–H and O–H groups in total. The van der Waals surface area contributed by atoms with Crippen LogP contribution < -0.4 is 5.38 Å². The summed E-state index contributed by atoms with van der Waals surface area (Å²) >= 11 is 0. The summed E-state index contributed by atoms with van der Waals surface area (Å²) in [6.07, 6.45) is 1.68. The van der Waals surface area contributed by atoms with Crippen molar-refractivity contribution in [2.45, 2.75) is 6.10 Å². The van der Waals surface area contributed by atoms with Crippen molar-refractivity contribution in [2.24, 2.45) is 0 Å². The van der Waals surface area contributed by atoms with Gasteiger partial charge < -0.3 is 8.84 Å². The van der Waals surface area contributed by atoms with Gasteiger partial charge in [-0.15, -0.1) is 0 Å². The van der Waals surface area contributed by atoms with Crippen molar-refractivity contribution in [1.29, 1.82) is 0 Å². The predicted octanol–water partition coefficient (Wildman–Crippen LogP) is 2.79. The van der Waals surface area contributed by atoms with E-state index in [1.54, 1.807) is 6.26 Å². The maximum atomic E-state index is 6.20. The van der Waals surface area contributed by atoms with E-state index in [2.05, 4.69) is 24.3 Å². The van der Waals surface area contributed by atoms with Crippen LogP contribution >= 0.6 is 0 Å². The van der Waals surface area contributed by atoms with Gasteiger partial charge in [0.25, 0.3) is 0 Å². The summed E-state index contributed by atoms with van der Waals surface area (Å²) < 4.78 is 11.6. The third-order valence-electron chi connectivity index (χ3n) is 3.18. The van der Waals surface area contributed by atoms with Crippen LogP contribution in [0, 0.1) is 0 Å². The number of furan rings is 1. The molecule has 0 aliphatic carbocycles. The maximum absolute atomic E-state index is 6.20. The number of rotatable bonds is 5. The standard InChI is InChI=1S/C17H16O2Si/c1-3-8-14(9-4-1)17(15-10-5-2-6-11-15)19-20-16-12-7-13-18-16/h1-13,17H,20H2. The highest BCUT2D eigenvalue weighted by Crippen LogP contribution is 2.25. The molecule has 0 fully saturated rings. The average Bonchev–Trinajstić information content (AvgIpc) is 3.03. The average molecular weight is 280 g/mol. The van der Waals surface area contributed by atoms with Crippen LogP contribution in [0.25, 0.3) is 0 Å². The van der Waals surface area contributed by atoms with Crippen LogP contribution in [0.1, 0.15) is 17.2 Å². The first-order valence-corrected chi connectivity index (χ1v) is 7.96. The monoisotopic (exact) mass is 280 g/mol. The van der Waals surface area contributed by atoms with E-state index in [9.17, 15) is 0 Å². The third-order valence-corrected chi connectivity index (χ3v) is 4.36. The SMILES string of the molecule is c1ccc(C(O[SiH2]c2ccco2)c2ccccc2)cc1. The van der Waals surface area contributed by atoms with E-state index in [0.717, 1.165) is 5.38 Å². The molecule has 3 rings (SSSR count). The Morgan fingerprint density at radius 2 is 1.35 bits per heavy atom. The molecule has 0 amide bonds. The van der Waals surface area contributed by atoms with Crippen molar-refractivity contribution in [3.63, 3.8) is 0 Å². The molecule has 0 saturated carbocycles. The summed E-state index contributed by atoms with van der Waals surface area (Å²) in [4.78, 5) is 0. The first-order valence-electron chi connectivity index (χ1n) is 6.67. The van der Waals surface area contributed by atoms with Crippen LogP contribution in [0.2, 0.25) is 0 Å². The lowest BCUT2D eigenvalue weighted by Gasteiger charge is -2.18. The molecule has 3 heteroatoms. The van der Waals surface area contributed by atoms with Crippen LogP contribution in [0.3, 0.4) is 0 Å². The molecule has 1 aromatic heterocycles. The van der Waals surface area contributed by atoms with Gasteiger partial charge in [0.1, 0.15) is 5.38 Å². The summed E-state index contributed by atoms with van der Waals surface area (Å²) in [5, 5.41) is 0.974. The second-order valence-electron chi connectivity index (χ2n) is 4.59. The predicted molar refractivity (Wildman–Crippen MR) is 82.7 cm³/mol. The van der Waals surface area contributed by atoms with Crippen molar-refractivity contribution >= 4 is 15.1 Å². The van der Waals surface area contributed by atoms with Crippen LogP contribution in [0.15, 0.2) is 83.5 Å². The Morgan fingerprint density at radius 3 is 1.85 bits per heavy atom. The van der Waals surface area contributed by atoms with Gasteiger partial charge in [0.15, 0.2) is 0 Å². The lowest BCUT2D eigenvalue weighted by atomic mass is 10.0. The molecule has 0 atom stereocenters. The quantitative estimate of drug-likeness (QED) is 0.671. The molecule has 0 radical (unpaired) electrons. The number of benzene rings is 2. The topological polar surface area (TPSA) is 22.4 Å². The molecule has 0 aliphatic heterocycles. The highest BCUT2D eigenvalue weighted by Gasteiger charge is 2.14. The Balaban J connectivity index is 1.84. The van der Waals surface area contributed by atoms with Gasteiger partial charge in [-0.05, 0) is 23.3 Å². The summed E-state index contributed by atoms with van der Waals surface area (Å²) in [6, 6.07) is 24.5. The summed E-state index contributed by atoms with van der Waals surface area (Å²) in [6.45, 7) is 0. The van der Waals surface area contributed by atoms with Crippen molar-refractivity contribution in [1.82, 2.24) is 0 Å². The molecule has 0 aliphatic rings. The van der Waals surface area contributed by atoms with Gasteiger partial charge in [0, 0.05) is 0 Å². The van der Waals surface area contributed by atoms with E-state index in [-0.39, 0.29) is 6.10 Å². The second kappa shape index (κ2) is 6.37. The minimum atomic E-state index is -0.871. The fraction of sp³-hybridized carbons (Fsp3) is 0.0588. The van der Waals surface area contributed by atoms with Crippen LogP contribution in [-0.2, 0) is 4.43 Å². The largest absolute Gasteiger partial charge is 0.472 e. The lowest BCUT2D eigenvalue weighted by molar-refractivity contribution is 0.263. The van der Waals surface area contributed by atoms with E-state index < -0.39 is 9.76 Å². The van der Waals surface area contributed by atoms with Gasteiger partial charge in [-0.1, -0.05) is 60.7 Å². The minimum absolute atomic E-state index is 0.0193. The summed E-state index contributed by atoms with van der Waals surface area (Å²) in [5.41, 5.74) is 2.36. The van der Waals surface area contributed by atoms with Crippen molar-refractivity contribution in [3.05, 3.63) is 90.2 Å². The Labute approximate surface area is 121 Å². The van der Waals surface area contributed by atoms with Crippen molar-refractivity contribution < 1.29 is 8.84 Å². The summed E-state index contributed by atoms with van der Waals surface area (Å²) in [5.74, 6) is 0. The molecule has 0 bridgehead atoms. The zero-order valence-electron chi connectivity index (χ0n) is 11.1. The molecule has 1 heterocycles. The van der Waals surface area contributed by atoms with E-state index in [1.807, 2.05) is 48.5 Å². The molecule has 0 unspecified atom stereocenters. The highest BCUT2D eigenvalue weighted by atomic mass is 28.2. The Hall–Kier alpha value is -2.10. The van der Waals surface area contributed by atoms with Gasteiger partial charge in [-0.25, -0.2) is 0 Å². The number of hydrogen-bond acceptors (Lipinski definition) is 2. The van der Waals surface area contributed by atoms with Gasteiger partial charge in [-0.3, -0.25) is 0 Å². The highest BCUT2D eigenvalue weighted by molar-refractivity contribution is 6.45. The first kappa shape index (κ1) is 12.9. The minimum Gasteiger partial charge on any atom is -0.472 e. The fourth-order valence-electron chi connectivity index (χ4n) is 2.20. The Morgan fingerprint density at radius 1 is 0.750 bits per heavy atom. The zero-order chi connectivity index (χ0) is 13.6. The maximum Gasteiger partial charge on any atom is 0.235 e. The lowest BCUT2D eigenvalue weighted by Crippen LogP contribution is -2.19. The molecule has 3 aromatic rings. The fourth-order valence-corrected chi connectivity index (χ4v) is 3.31. The van der Waals surface area contributed by atoms with Gasteiger partial charge in [0.05, 0.1) is 12.4 Å². The Kier molecular flexibility index (Phi) is 4.11. The molecule has 2 aromatic carbocycles.